The maximum atomic E-state index is 12.5. The number of carboxylic acid groups (broad SMARTS) is 1. The minimum atomic E-state index is -4.83. The number of nitrogens with zero attached hydrogens (tertiary/aromatic N) is 2. The number of ether oxygens (including phenoxy) is 1. The summed E-state index contributed by atoms with van der Waals surface area (Å²) < 4.78 is 43.0. The summed E-state index contributed by atoms with van der Waals surface area (Å²) >= 11 is 0. The highest BCUT2D eigenvalue weighted by Crippen LogP contribution is 2.37. The van der Waals surface area contributed by atoms with Gasteiger partial charge in [-0.2, -0.15) is 0 Å². The number of imidazole rings is 1. The van der Waals surface area contributed by atoms with Gasteiger partial charge in [0.25, 0.3) is 0 Å². The Labute approximate surface area is 158 Å². The molecule has 154 valence electrons. The van der Waals surface area contributed by atoms with Crippen molar-refractivity contribution >= 4 is 17.1 Å². The van der Waals surface area contributed by atoms with Crippen molar-refractivity contribution < 1.29 is 27.8 Å². The van der Waals surface area contributed by atoms with E-state index in [0.717, 1.165) is 6.07 Å². The number of hydrogen-bond donors (Lipinski definition) is 2. The van der Waals surface area contributed by atoms with Crippen molar-refractivity contribution in [2.24, 2.45) is 5.41 Å². The Bertz CT molecular complexity index is 942. The Hall–Kier alpha value is -2.65. The lowest BCUT2D eigenvalue weighted by atomic mass is 9.79. The van der Waals surface area contributed by atoms with Gasteiger partial charge in [0.1, 0.15) is 5.75 Å². The zero-order valence-electron chi connectivity index (χ0n) is 15.7. The van der Waals surface area contributed by atoms with Crippen molar-refractivity contribution in [1.82, 2.24) is 14.5 Å². The molecule has 1 aliphatic heterocycles. The van der Waals surface area contributed by atoms with Crippen LogP contribution in [0, 0.1) is 5.41 Å². The third-order valence-corrected chi connectivity index (χ3v) is 5.11. The number of H-pyrrole nitrogens is 1. The van der Waals surface area contributed by atoms with Gasteiger partial charge in [0.2, 0.25) is 0 Å². The second-order valence-corrected chi connectivity index (χ2v) is 8.06. The van der Waals surface area contributed by atoms with Crippen LogP contribution >= 0.6 is 0 Å². The first-order valence-electron chi connectivity index (χ1n) is 8.86. The number of piperidine rings is 1. The Balaban J connectivity index is 2.00. The summed E-state index contributed by atoms with van der Waals surface area (Å²) in [5.41, 5.74) is -0.113. The lowest BCUT2D eigenvalue weighted by Gasteiger charge is -2.44. The van der Waals surface area contributed by atoms with Crippen molar-refractivity contribution in [2.75, 3.05) is 6.54 Å². The van der Waals surface area contributed by atoms with Crippen molar-refractivity contribution in [3.8, 4) is 5.75 Å². The van der Waals surface area contributed by atoms with Crippen LogP contribution in [-0.2, 0) is 0 Å². The summed E-state index contributed by atoms with van der Waals surface area (Å²) in [7, 11) is 0. The molecule has 1 fully saturated rings. The number of alkyl halides is 3. The second-order valence-electron chi connectivity index (χ2n) is 8.06. The number of aromatic nitrogens is 2. The van der Waals surface area contributed by atoms with Crippen LogP contribution in [0.15, 0.2) is 23.0 Å². The molecule has 0 aliphatic carbocycles. The molecule has 28 heavy (non-hydrogen) atoms. The minimum absolute atomic E-state index is 0.236. The highest BCUT2D eigenvalue weighted by Gasteiger charge is 2.40. The van der Waals surface area contributed by atoms with Gasteiger partial charge in [0.05, 0.1) is 11.0 Å². The Morgan fingerprint density at radius 2 is 1.96 bits per heavy atom. The van der Waals surface area contributed by atoms with Crippen LogP contribution in [0.5, 0.6) is 5.75 Å². The molecular formula is C18H22F3N3O4. The fourth-order valence-electron chi connectivity index (χ4n) is 3.89. The van der Waals surface area contributed by atoms with Gasteiger partial charge in [-0.15, -0.1) is 13.2 Å². The average Bonchev–Trinajstić information content (AvgIpc) is 2.87. The molecule has 0 bridgehead atoms. The van der Waals surface area contributed by atoms with Gasteiger partial charge in [-0.25, -0.2) is 9.59 Å². The number of likely N-dealkylation sites (tertiary alicyclic amines) is 1. The van der Waals surface area contributed by atoms with E-state index in [4.69, 9.17) is 0 Å². The van der Waals surface area contributed by atoms with Crippen LogP contribution in [0.3, 0.4) is 0 Å². The van der Waals surface area contributed by atoms with Crippen LogP contribution in [0.2, 0.25) is 0 Å². The van der Waals surface area contributed by atoms with Crippen molar-refractivity contribution in [3.63, 3.8) is 0 Å². The second kappa shape index (κ2) is 6.75. The van der Waals surface area contributed by atoms with Gasteiger partial charge in [0, 0.05) is 24.7 Å². The summed E-state index contributed by atoms with van der Waals surface area (Å²) in [5, 5.41) is 9.49. The molecule has 0 spiro atoms. The summed E-state index contributed by atoms with van der Waals surface area (Å²) in [4.78, 5) is 28.1. The Kier molecular flexibility index (Phi) is 4.84. The fourth-order valence-corrected chi connectivity index (χ4v) is 3.89. The third-order valence-electron chi connectivity index (χ3n) is 5.11. The molecule has 1 aromatic heterocycles. The van der Waals surface area contributed by atoms with Crippen LogP contribution in [0.25, 0.3) is 11.0 Å². The number of benzene rings is 1. The van der Waals surface area contributed by atoms with E-state index in [-0.39, 0.29) is 24.0 Å². The number of amides is 1. The molecule has 2 heterocycles. The molecule has 7 nitrogen and oxygen atoms in total. The topological polar surface area (TPSA) is 87.6 Å². The SMILES string of the molecule is CC(C)(C)C1CC(n2c(=O)[nH]c3ccc(OC(F)(F)F)cc32)CCN1C(=O)O. The number of nitrogens with one attached hydrogen (secondary N) is 1. The Morgan fingerprint density at radius 3 is 2.54 bits per heavy atom. The van der Waals surface area contributed by atoms with Gasteiger partial charge in [-0.1, -0.05) is 20.8 Å². The van der Waals surface area contributed by atoms with Gasteiger partial charge in [-0.05, 0) is 30.4 Å². The molecule has 3 rings (SSSR count). The van der Waals surface area contributed by atoms with E-state index < -0.39 is 23.9 Å². The molecule has 10 heteroatoms. The molecule has 2 aromatic rings. The predicted octanol–water partition coefficient (Wildman–Crippen LogP) is 3.96. The lowest BCUT2D eigenvalue weighted by Crippen LogP contribution is -2.52. The maximum absolute atomic E-state index is 12.5. The first kappa shape index (κ1) is 20.1. The predicted molar refractivity (Wildman–Crippen MR) is 95.5 cm³/mol. The van der Waals surface area contributed by atoms with Crippen LogP contribution in [0.1, 0.15) is 39.7 Å². The van der Waals surface area contributed by atoms with Crippen LogP contribution in [0.4, 0.5) is 18.0 Å². The zero-order chi connectivity index (χ0) is 20.9. The summed E-state index contributed by atoms with van der Waals surface area (Å²) in [6.07, 6.45) is -5.09. The molecule has 1 amide bonds. The van der Waals surface area contributed by atoms with Crippen molar-refractivity contribution in [3.05, 3.63) is 28.7 Å². The normalized spacial score (nSPS) is 21.1. The van der Waals surface area contributed by atoms with Crippen molar-refractivity contribution in [2.45, 2.75) is 52.1 Å². The largest absolute Gasteiger partial charge is 0.573 e. The highest BCUT2D eigenvalue weighted by atomic mass is 19.4. The van der Waals surface area contributed by atoms with E-state index in [1.54, 1.807) is 0 Å². The number of hydrogen-bond acceptors (Lipinski definition) is 3. The van der Waals surface area contributed by atoms with Gasteiger partial charge >= 0.3 is 18.1 Å². The van der Waals surface area contributed by atoms with Gasteiger partial charge in [0.15, 0.2) is 0 Å². The van der Waals surface area contributed by atoms with Crippen molar-refractivity contribution in [1.29, 1.82) is 0 Å². The van der Waals surface area contributed by atoms with E-state index in [1.165, 1.54) is 21.6 Å². The molecule has 2 atom stereocenters. The maximum Gasteiger partial charge on any atom is 0.573 e. The van der Waals surface area contributed by atoms with Gasteiger partial charge < -0.3 is 19.7 Å². The quantitative estimate of drug-likeness (QED) is 0.798. The molecule has 1 saturated heterocycles. The Morgan fingerprint density at radius 1 is 1.29 bits per heavy atom. The summed E-state index contributed by atoms with van der Waals surface area (Å²) in [5.74, 6) is -0.414. The van der Waals surface area contributed by atoms with Gasteiger partial charge in [-0.3, -0.25) is 4.57 Å². The summed E-state index contributed by atoms with van der Waals surface area (Å²) in [6, 6.07) is 3.00. The molecule has 1 aliphatic rings. The molecule has 0 saturated carbocycles. The number of aromatic amines is 1. The van der Waals surface area contributed by atoms with Crippen LogP contribution < -0.4 is 10.4 Å². The number of rotatable bonds is 2. The molecule has 0 radical (unpaired) electrons. The first-order chi connectivity index (χ1) is 12.9. The monoisotopic (exact) mass is 401 g/mol. The number of fused-ring (bicyclic) bond motifs is 1. The number of carbonyl (C=O) groups is 1. The molecule has 2 unspecified atom stereocenters. The third kappa shape index (κ3) is 3.95. The lowest BCUT2D eigenvalue weighted by molar-refractivity contribution is -0.274. The fraction of sp³-hybridized carbons (Fsp3) is 0.556. The van der Waals surface area contributed by atoms with E-state index >= 15 is 0 Å². The van der Waals surface area contributed by atoms with E-state index in [1.807, 2.05) is 20.8 Å². The van der Waals surface area contributed by atoms with E-state index in [2.05, 4.69) is 9.72 Å². The molecular weight excluding hydrogens is 379 g/mol. The van der Waals surface area contributed by atoms with Crippen LogP contribution in [-0.4, -0.2) is 44.6 Å². The highest BCUT2D eigenvalue weighted by molar-refractivity contribution is 5.77. The first-order valence-corrected chi connectivity index (χ1v) is 8.86. The summed E-state index contributed by atoms with van der Waals surface area (Å²) in [6.45, 7) is 6.00. The smallest absolute Gasteiger partial charge is 0.465 e. The molecule has 2 N–H and O–H groups in total. The number of halogens is 3. The van der Waals surface area contributed by atoms with E-state index in [0.29, 0.717) is 23.9 Å². The zero-order valence-corrected chi connectivity index (χ0v) is 15.7. The average molecular weight is 401 g/mol. The van der Waals surface area contributed by atoms with E-state index in [9.17, 15) is 27.9 Å². The molecule has 1 aromatic carbocycles. The standard InChI is InChI=1S/C18H22F3N3O4/c1-17(2,3)14-8-10(6-7-23(14)16(26)27)24-13-9-11(28-18(19,20)21)4-5-12(13)22-15(24)25/h4-5,9-10,14H,6-8H2,1-3H3,(H,22,25)(H,26,27). The minimum Gasteiger partial charge on any atom is -0.465 e.